The van der Waals surface area contributed by atoms with Gasteiger partial charge in [0.15, 0.2) is 0 Å². The summed E-state index contributed by atoms with van der Waals surface area (Å²) in [7, 11) is 2.18. The van der Waals surface area contributed by atoms with Gasteiger partial charge in [-0.15, -0.1) is 0 Å². The first-order valence-electron chi connectivity index (χ1n) is 5.95. The maximum atomic E-state index is 5.86. The molecule has 1 aliphatic heterocycles. The zero-order valence-corrected chi connectivity index (χ0v) is 10.2. The molecule has 2 N–H and O–H groups in total. The van der Waals surface area contributed by atoms with E-state index in [0.717, 1.165) is 38.3 Å². The van der Waals surface area contributed by atoms with Crippen LogP contribution < -0.4 is 5.73 Å². The SMILES string of the molecule is CC1=CC(N)=CCC=C1N1CCN(C)CC1. The van der Waals surface area contributed by atoms with Crippen molar-refractivity contribution in [3.05, 3.63) is 35.2 Å². The monoisotopic (exact) mass is 219 g/mol. The first-order chi connectivity index (χ1) is 7.66. The van der Waals surface area contributed by atoms with Crippen molar-refractivity contribution in [2.75, 3.05) is 33.2 Å². The van der Waals surface area contributed by atoms with Gasteiger partial charge in [-0.2, -0.15) is 0 Å². The van der Waals surface area contributed by atoms with Crippen LogP contribution in [0.3, 0.4) is 0 Å². The van der Waals surface area contributed by atoms with Crippen LogP contribution in [0.25, 0.3) is 0 Å². The van der Waals surface area contributed by atoms with Gasteiger partial charge >= 0.3 is 0 Å². The van der Waals surface area contributed by atoms with Crippen LogP contribution in [0.4, 0.5) is 0 Å². The molecular weight excluding hydrogens is 198 g/mol. The lowest BCUT2D eigenvalue weighted by Gasteiger charge is -2.36. The molecule has 0 aromatic heterocycles. The second-order valence-electron chi connectivity index (χ2n) is 4.65. The molecule has 0 unspecified atom stereocenters. The number of hydrogen-bond acceptors (Lipinski definition) is 3. The van der Waals surface area contributed by atoms with Gasteiger partial charge in [0.25, 0.3) is 0 Å². The lowest BCUT2D eigenvalue weighted by atomic mass is 10.1. The van der Waals surface area contributed by atoms with Gasteiger partial charge in [0.1, 0.15) is 0 Å². The minimum Gasteiger partial charge on any atom is -0.399 e. The Bertz CT molecular complexity index is 344. The summed E-state index contributed by atoms with van der Waals surface area (Å²) in [6.45, 7) is 6.68. The molecule has 2 rings (SSSR count). The summed E-state index contributed by atoms with van der Waals surface area (Å²) in [5.74, 6) is 0. The number of nitrogens with zero attached hydrogens (tertiary/aromatic N) is 2. The third-order valence-electron chi connectivity index (χ3n) is 3.30. The number of nitrogens with two attached hydrogens (primary N) is 1. The van der Waals surface area contributed by atoms with E-state index in [1.165, 1.54) is 11.3 Å². The second kappa shape index (κ2) is 4.74. The van der Waals surface area contributed by atoms with Crippen LogP contribution in [-0.4, -0.2) is 43.0 Å². The van der Waals surface area contributed by atoms with Crippen molar-refractivity contribution in [2.24, 2.45) is 5.73 Å². The number of piperazine rings is 1. The normalized spacial score (nSPS) is 23.4. The molecule has 0 bridgehead atoms. The molecule has 0 radical (unpaired) electrons. The summed E-state index contributed by atoms with van der Waals surface area (Å²) >= 11 is 0. The quantitative estimate of drug-likeness (QED) is 0.722. The number of rotatable bonds is 1. The Labute approximate surface area is 97.9 Å². The van der Waals surface area contributed by atoms with Crippen LogP contribution >= 0.6 is 0 Å². The van der Waals surface area contributed by atoms with E-state index in [-0.39, 0.29) is 0 Å². The summed E-state index contributed by atoms with van der Waals surface area (Å²) in [6.07, 6.45) is 7.39. The average molecular weight is 219 g/mol. The fraction of sp³-hybridized carbons (Fsp3) is 0.538. The van der Waals surface area contributed by atoms with E-state index in [0.29, 0.717) is 0 Å². The van der Waals surface area contributed by atoms with Gasteiger partial charge in [0.05, 0.1) is 0 Å². The van der Waals surface area contributed by atoms with Crippen LogP contribution in [0, 0.1) is 0 Å². The summed E-state index contributed by atoms with van der Waals surface area (Å²) in [5.41, 5.74) is 9.40. The highest BCUT2D eigenvalue weighted by atomic mass is 15.2. The zero-order valence-electron chi connectivity index (χ0n) is 10.2. The fourth-order valence-corrected chi connectivity index (χ4v) is 2.28. The summed E-state index contributed by atoms with van der Waals surface area (Å²) in [4.78, 5) is 4.84. The van der Waals surface area contributed by atoms with Gasteiger partial charge in [-0.1, -0.05) is 12.2 Å². The third kappa shape index (κ3) is 2.47. The van der Waals surface area contributed by atoms with Gasteiger partial charge in [-0.25, -0.2) is 0 Å². The smallest absolute Gasteiger partial charge is 0.0360 e. The van der Waals surface area contributed by atoms with Crippen molar-refractivity contribution in [3.63, 3.8) is 0 Å². The predicted octanol–water partition coefficient (Wildman–Crippen LogP) is 1.31. The third-order valence-corrected chi connectivity index (χ3v) is 3.30. The Kier molecular flexibility index (Phi) is 3.34. The minimum atomic E-state index is 0.887. The average Bonchev–Trinajstić information content (AvgIpc) is 2.41. The molecule has 0 saturated carbocycles. The Morgan fingerprint density at radius 1 is 1.12 bits per heavy atom. The summed E-state index contributed by atoms with van der Waals surface area (Å²) in [6, 6.07) is 0. The van der Waals surface area contributed by atoms with E-state index < -0.39 is 0 Å². The van der Waals surface area contributed by atoms with Crippen molar-refractivity contribution in [1.82, 2.24) is 9.80 Å². The van der Waals surface area contributed by atoms with Crippen LogP contribution in [-0.2, 0) is 0 Å². The van der Waals surface area contributed by atoms with Crippen molar-refractivity contribution in [1.29, 1.82) is 0 Å². The van der Waals surface area contributed by atoms with E-state index in [9.17, 15) is 0 Å². The van der Waals surface area contributed by atoms with Gasteiger partial charge < -0.3 is 15.5 Å². The first-order valence-corrected chi connectivity index (χ1v) is 5.95. The van der Waals surface area contributed by atoms with Gasteiger partial charge in [0, 0.05) is 37.6 Å². The van der Waals surface area contributed by atoms with E-state index in [1.54, 1.807) is 0 Å². The van der Waals surface area contributed by atoms with Crippen LogP contribution in [0.5, 0.6) is 0 Å². The Morgan fingerprint density at radius 3 is 2.50 bits per heavy atom. The molecule has 2 aliphatic rings. The topological polar surface area (TPSA) is 32.5 Å². The van der Waals surface area contributed by atoms with E-state index in [4.69, 9.17) is 5.73 Å². The molecule has 0 aromatic carbocycles. The molecule has 0 spiro atoms. The second-order valence-corrected chi connectivity index (χ2v) is 4.65. The molecule has 0 atom stereocenters. The summed E-state index contributed by atoms with van der Waals surface area (Å²) < 4.78 is 0. The minimum absolute atomic E-state index is 0.887. The van der Waals surface area contributed by atoms with Crippen molar-refractivity contribution >= 4 is 0 Å². The molecule has 88 valence electrons. The van der Waals surface area contributed by atoms with E-state index in [2.05, 4.69) is 42.0 Å². The Morgan fingerprint density at radius 2 is 1.81 bits per heavy atom. The van der Waals surface area contributed by atoms with Crippen LogP contribution in [0.2, 0.25) is 0 Å². The number of hydrogen-bond donors (Lipinski definition) is 1. The van der Waals surface area contributed by atoms with E-state index in [1.807, 2.05) is 0 Å². The molecular formula is C13H21N3. The molecule has 1 saturated heterocycles. The lowest BCUT2D eigenvalue weighted by molar-refractivity contribution is 0.188. The number of likely N-dealkylation sites (N-methyl/N-ethyl adjacent to an activating group) is 1. The highest BCUT2D eigenvalue weighted by Crippen LogP contribution is 2.21. The van der Waals surface area contributed by atoms with Crippen molar-refractivity contribution in [2.45, 2.75) is 13.3 Å². The Hall–Kier alpha value is -1.22. The highest BCUT2D eigenvalue weighted by Gasteiger charge is 2.17. The molecule has 1 fully saturated rings. The largest absolute Gasteiger partial charge is 0.399 e. The van der Waals surface area contributed by atoms with E-state index >= 15 is 0 Å². The van der Waals surface area contributed by atoms with Gasteiger partial charge in [-0.3, -0.25) is 0 Å². The number of allylic oxidation sites excluding steroid dienone is 4. The first kappa shape index (κ1) is 11.3. The predicted molar refractivity (Wildman–Crippen MR) is 67.8 cm³/mol. The molecule has 3 heteroatoms. The maximum absolute atomic E-state index is 5.86. The fourth-order valence-electron chi connectivity index (χ4n) is 2.28. The highest BCUT2D eigenvalue weighted by molar-refractivity contribution is 5.37. The lowest BCUT2D eigenvalue weighted by Crippen LogP contribution is -2.44. The molecule has 3 nitrogen and oxygen atoms in total. The standard InChI is InChI=1S/C13H21N3/c1-11-10-12(14)4-3-5-13(11)16-8-6-15(2)7-9-16/h4-5,10H,3,6-9,14H2,1-2H3. The molecule has 0 amide bonds. The van der Waals surface area contributed by atoms with Crippen LogP contribution in [0.1, 0.15) is 13.3 Å². The molecule has 1 heterocycles. The van der Waals surface area contributed by atoms with Crippen molar-refractivity contribution in [3.8, 4) is 0 Å². The Balaban J connectivity index is 2.10. The summed E-state index contributed by atoms with van der Waals surface area (Å²) in [5, 5.41) is 0. The maximum Gasteiger partial charge on any atom is 0.0360 e. The molecule has 1 aliphatic carbocycles. The van der Waals surface area contributed by atoms with Crippen LogP contribution in [0.15, 0.2) is 35.2 Å². The molecule has 16 heavy (non-hydrogen) atoms. The zero-order chi connectivity index (χ0) is 11.5. The molecule has 0 aromatic rings. The van der Waals surface area contributed by atoms with Gasteiger partial charge in [0.2, 0.25) is 0 Å². The van der Waals surface area contributed by atoms with Crippen molar-refractivity contribution < 1.29 is 0 Å². The van der Waals surface area contributed by atoms with Gasteiger partial charge in [-0.05, 0) is 32.0 Å².